The first-order valence-electron chi connectivity index (χ1n) is 5.32. The van der Waals surface area contributed by atoms with Crippen LogP contribution in [0, 0.1) is 10.1 Å². The molecule has 0 aliphatic carbocycles. The Bertz CT molecular complexity index is 547. The number of aromatic nitrogens is 2. The van der Waals surface area contributed by atoms with Gasteiger partial charge in [-0.2, -0.15) is 5.10 Å². The van der Waals surface area contributed by atoms with Crippen LogP contribution in [0.15, 0.2) is 24.4 Å². The molecule has 0 unspecified atom stereocenters. The molecule has 0 atom stereocenters. The molecule has 0 fully saturated rings. The minimum absolute atomic E-state index is 0.101. The van der Waals surface area contributed by atoms with Gasteiger partial charge in [0.15, 0.2) is 0 Å². The molecule has 2 aromatic rings. The lowest BCUT2D eigenvalue weighted by Gasteiger charge is -2.09. The van der Waals surface area contributed by atoms with Crippen molar-refractivity contribution < 1.29 is 4.92 Å². The van der Waals surface area contributed by atoms with Crippen LogP contribution in [0.25, 0.3) is 10.9 Å². The van der Waals surface area contributed by atoms with Gasteiger partial charge in [0.1, 0.15) is 0 Å². The number of rotatable bonds is 4. The van der Waals surface area contributed by atoms with Crippen LogP contribution in [0.4, 0.5) is 5.69 Å². The number of hydrogen-bond donors (Lipinski definition) is 0. The van der Waals surface area contributed by atoms with Crippen molar-refractivity contribution in [3.63, 3.8) is 0 Å². The quantitative estimate of drug-likeness (QED) is 0.594. The molecule has 0 radical (unpaired) electrons. The third kappa shape index (κ3) is 2.42. The number of non-ortho nitro benzene ring substituents is 1. The smallest absolute Gasteiger partial charge is 0.271 e. The molecule has 2 rings (SSSR count). The Hall–Kier alpha value is -1.95. The van der Waals surface area contributed by atoms with Gasteiger partial charge >= 0.3 is 0 Å². The molecule has 0 saturated heterocycles. The van der Waals surface area contributed by atoms with E-state index in [0.29, 0.717) is 0 Å². The molecule has 6 nitrogen and oxygen atoms in total. The van der Waals surface area contributed by atoms with E-state index in [1.54, 1.807) is 23.0 Å². The Morgan fingerprint density at radius 3 is 2.88 bits per heavy atom. The highest BCUT2D eigenvalue weighted by Crippen LogP contribution is 2.20. The first-order chi connectivity index (χ1) is 8.08. The summed E-state index contributed by atoms with van der Waals surface area (Å²) in [5, 5.41) is 15.9. The summed E-state index contributed by atoms with van der Waals surface area (Å²) in [7, 11) is 3.96. The average Bonchev–Trinajstić information content (AvgIpc) is 2.68. The maximum absolute atomic E-state index is 10.7. The van der Waals surface area contributed by atoms with Crippen LogP contribution in [-0.4, -0.2) is 40.2 Å². The van der Waals surface area contributed by atoms with Gasteiger partial charge in [-0.15, -0.1) is 0 Å². The van der Waals surface area contributed by atoms with E-state index in [1.165, 1.54) is 6.07 Å². The minimum Gasteiger partial charge on any atom is -0.308 e. The number of likely N-dealkylation sites (N-methyl/N-ethyl adjacent to an activating group) is 1. The second kappa shape index (κ2) is 4.50. The first kappa shape index (κ1) is 11.5. The molecule has 0 aliphatic rings. The Morgan fingerprint density at radius 1 is 1.47 bits per heavy atom. The van der Waals surface area contributed by atoms with Crippen molar-refractivity contribution in [3.05, 3.63) is 34.5 Å². The molecular formula is C11H14N4O2. The Kier molecular flexibility index (Phi) is 3.06. The molecule has 1 heterocycles. The van der Waals surface area contributed by atoms with Gasteiger partial charge in [-0.25, -0.2) is 0 Å². The molecule has 0 saturated carbocycles. The summed E-state index contributed by atoms with van der Waals surface area (Å²) in [6.45, 7) is 1.57. The van der Waals surface area contributed by atoms with Crippen LogP contribution in [0.2, 0.25) is 0 Å². The molecular weight excluding hydrogens is 220 g/mol. The molecule has 0 spiro atoms. The van der Waals surface area contributed by atoms with Crippen molar-refractivity contribution >= 4 is 16.6 Å². The van der Waals surface area contributed by atoms with Gasteiger partial charge < -0.3 is 4.90 Å². The van der Waals surface area contributed by atoms with E-state index in [-0.39, 0.29) is 10.6 Å². The Labute approximate surface area is 98.6 Å². The minimum atomic E-state index is -0.386. The number of fused-ring (bicyclic) bond motifs is 1. The topological polar surface area (TPSA) is 64.2 Å². The van der Waals surface area contributed by atoms with Gasteiger partial charge in [-0.1, -0.05) is 0 Å². The monoisotopic (exact) mass is 234 g/mol. The van der Waals surface area contributed by atoms with E-state index in [1.807, 2.05) is 19.0 Å². The van der Waals surface area contributed by atoms with Gasteiger partial charge in [0, 0.05) is 24.1 Å². The molecule has 0 amide bonds. The molecule has 0 bridgehead atoms. The summed E-state index contributed by atoms with van der Waals surface area (Å²) in [5.41, 5.74) is 0.908. The van der Waals surface area contributed by atoms with Crippen molar-refractivity contribution in [2.24, 2.45) is 0 Å². The third-order valence-electron chi connectivity index (χ3n) is 2.60. The van der Waals surface area contributed by atoms with Crippen molar-refractivity contribution in [3.8, 4) is 0 Å². The van der Waals surface area contributed by atoms with E-state index in [4.69, 9.17) is 0 Å². The Balaban J connectivity index is 2.36. The van der Waals surface area contributed by atoms with Crippen LogP contribution in [0.5, 0.6) is 0 Å². The highest BCUT2D eigenvalue weighted by atomic mass is 16.6. The summed E-state index contributed by atoms with van der Waals surface area (Å²) < 4.78 is 1.79. The lowest BCUT2D eigenvalue weighted by Crippen LogP contribution is -2.18. The summed E-state index contributed by atoms with van der Waals surface area (Å²) in [4.78, 5) is 12.4. The van der Waals surface area contributed by atoms with Crippen LogP contribution >= 0.6 is 0 Å². The van der Waals surface area contributed by atoms with E-state index in [9.17, 15) is 10.1 Å². The fourth-order valence-corrected chi connectivity index (χ4v) is 1.65. The van der Waals surface area contributed by atoms with Crippen LogP contribution in [-0.2, 0) is 6.54 Å². The Morgan fingerprint density at radius 2 is 2.24 bits per heavy atom. The SMILES string of the molecule is CN(C)CCn1ncc2ccc([N+](=O)[O-])cc21. The number of hydrogen-bond acceptors (Lipinski definition) is 4. The fraction of sp³-hybridized carbons (Fsp3) is 0.364. The first-order valence-corrected chi connectivity index (χ1v) is 5.32. The van der Waals surface area contributed by atoms with E-state index >= 15 is 0 Å². The second-order valence-corrected chi connectivity index (χ2v) is 4.17. The normalized spacial score (nSPS) is 11.2. The maximum Gasteiger partial charge on any atom is 0.271 e. The van der Waals surface area contributed by atoms with Gasteiger partial charge in [0.2, 0.25) is 0 Å². The fourth-order valence-electron chi connectivity index (χ4n) is 1.65. The summed E-state index contributed by atoms with van der Waals surface area (Å²) in [5.74, 6) is 0. The van der Waals surface area contributed by atoms with Crippen molar-refractivity contribution in [1.29, 1.82) is 0 Å². The predicted molar refractivity (Wildman–Crippen MR) is 64.9 cm³/mol. The lowest BCUT2D eigenvalue weighted by atomic mass is 10.2. The van der Waals surface area contributed by atoms with E-state index in [2.05, 4.69) is 5.10 Å². The van der Waals surface area contributed by atoms with Crippen LogP contribution in [0.3, 0.4) is 0 Å². The van der Waals surface area contributed by atoms with Crippen LogP contribution in [0.1, 0.15) is 0 Å². The van der Waals surface area contributed by atoms with Gasteiger partial charge in [0.05, 0.1) is 23.2 Å². The molecule has 1 aromatic carbocycles. The maximum atomic E-state index is 10.7. The molecule has 17 heavy (non-hydrogen) atoms. The zero-order valence-corrected chi connectivity index (χ0v) is 9.83. The van der Waals surface area contributed by atoms with E-state index < -0.39 is 0 Å². The van der Waals surface area contributed by atoms with Crippen molar-refractivity contribution in [1.82, 2.24) is 14.7 Å². The van der Waals surface area contributed by atoms with Crippen molar-refractivity contribution in [2.75, 3.05) is 20.6 Å². The number of nitro benzene ring substituents is 1. The average molecular weight is 234 g/mol. The van der Waals surface area contributed by atoms with Crippen LogP contribution < -0.4 is 0 Å². The van der Waals surface area contributed by atoms with Gasteiger partial charge in [0.25, 0.3) is 5.69 Å². The zero-order chi connectivity index (χ0) is 12.4. The molecule has 6 heteroatoms. The highest BCUT2D eigenvalue weighted by molar-refractivity contribution is 5.80. The largest absolute Gasteiger partial charge is 0.308 e. The second-order valence-electron chi connectivity index (χ2n) is 4.17. The molecule has 1 aromatic heterocycles. The molecule has 0 N–H and O–H groups in total. The summed E-state index contributed by atoms with van der Waals surface area (Å²) in [6.07, 6.45) is 1.73. The van der Waals surface area contributed by atoms with E-state index in [0.717, 1.165) is 24.0 Å². The molecule has 90 valence electrons. The number of nitrogens with zero attached hydrogens (tertiary/aromatic N) is 4. The lowest BCUT2D eigenvalue weighted by molar-refractivity contribution is -0.384. The standard InChI is InChI=1S/C11H14N4O2/c1-13(2)5-6-14-11-7-10(15(16)17)4-3-9(11)8-12-14/h3-4,7-8H,5-6H2,1-2H3. The number of nitro groups is 1. The summed E-state index contributed by atoms with van der Waals surface area (Å²) >= 11 is 0. The number of benzene rings is 1. The predicted octanol–water partition coefficient (Wildman–Crippen LogP) is 1.51. The third-order valence-corrected chi connectivity index (χ3v) is 2.60. The zero-order valence-electron chi connectivity index (χ0n) is 9.83. The van der Waals surface area contributed by atoms with Gasteiger partial charge in [-0.3, -0.25) is 14.8 Å². The summed E-state index contributed by atoms with van der Waals surface area (Å²) in [6, 6.07) is 4.80. The van der Waals surface area contributed by atoms with Gasteiger partial charge in [-0.05, 0) is 20.2 Å². The van der Waals surface area contributed by atoms with Crippen molar-refractivity contribution in [2.45, 2.75) is 6.54 Å². The highest BCUT2D eigenvalue weighted by Gasteiger charge is 2.09. The molecule has 0 aliphatic heterocycles.